The highest BCUT2D eigenvalue weighted by molar-refractivity contribution is 6.23. The SMILES string of the molecule is c1ccc2c(c1)c1ccc(-c3ccc(-c4ccc(-n5c6ccccc6c6ccccc65)cc4)cc3)cc1c1nccnc21. The van der Waals surface area contributed by atoms with Gasteiger partial charge in [-0.2, -0.15) is 0 Å². The topological polar surface area (TPSA) is 30.7 Å². The molecule has 43 heavy (non-hydrogen) atoms. The second-order valence-corrected chi connectivity index (χ2v) is 11.1. The molecule has 0 amide bonds. The van der Waals surface area contributed by atoms with E-state index in [-0.39, 0.29) is 0 Å². The molecule has 7 aromatic carbocycles. The molecular weight excluding hydrogens is 522 g/mol. The molecule has 9 rings (SSSR count). The first kappa shape index (κ1) is 23.9. The zero-order valence-electron chi connectivity index (χ0n) is 23.3. The number of benzene rings is 7. The van der Waals surface area contributed by atoms with Gasteiger partial charge in [0.25, 0.3) is 0 Å². The molecule has 0 bridgehead atoms. The van der Waals surface area contributed by atoms with Crippen molar-refractivity contribution in [3.63, 3.8) is 0 Å². The van der Waals surface area contributed by atoms with Gasteiger partial charge < -0.3 is 4.57 Å². The zero-order valence-corrected chi connectivity index (χ0v) is 23.3. The number of para-hydroxylation sites is 2. The number of aromatic nitrogens is 3. The van der Waals surface area contributed by atoms with Crippen LogP contribution in [0.3, 0.4) is 0 Å². The minimum absolute atomic E-state index is 0.943. The lowest BCUT2D eigenvalue weighted by molar-refractivity contribution is 1.18. The van der Waals surface area contributed by atoms with Gasteiger partial charge in [-0.05, 0) is 63.4 Å². The first-order valence-corrected chi connectivity index (χ1v) is 14.6. The Bertz CT molecular complexity index is 2400. The summed E-state index contributed by atoms with van der Waals surface area (Å²) in [5, 5.41) is 7.23. The number of hydrogen-bond acceptors (Lipinski definition) is 2. The Hall–Kier alpha value is -5.80. The van der Waals surface area contributed by atoms with E-state index in [1.54, 1.807) is 12.4 Å². The van der Waals surface area contributed by atoms with Crippen LogP contribution in [-0.2, 0) is 0 Å². The van der Waals surface area contributed by atoms with Crippen LogP contribution >= 0.6 is 0 Å². The van der Waals surface area contributed by atoms with E-state index in [1.807, 2.05) is 0 Å². The van der Waals surface area contributed by atoms with Gasteiger partial charge in [0, 0.05) is 39.6 Å². The summed E-state index contributed by atoms with van der Waals surface area (Å²) >= 11 is 0. The number of fused-ring (bicyclic) bond motifs is 9. The molecule has 0 aliphatic carbocycles. The van der Waals surface area contributed by atoms with Gasteiger partial charge in [-0.3, -0.25) is 9.97 Å². The molecule has 3 nitrogen and oxygen atoms in total. The summed E-state index contributed by atoms with van der Waals surface area (Å²) in [5.74, 6) is 0. The predicted molar refractivity (Wildman–Crippen MR) is 180 cm³/mol. The Morgan fingerprint density at radius 1 is 0.349 bits per heavy atom. The largest absolute Gasteiger partial charge is 0.309 e. The minimum Gasteiger partial charge on any atom is -0.309 e. The average molecular weight is 548 g/mol. The summed E-state index contributed by atoms with van der Waals surface area (Å²) in [6.45, 7) is 0. The highest BCUT2D eigenvalue weighted by Gasteiger charge is 2.13. The maximum atomic E-state index is 4.74. The van der Waals surface area contributed by atoms with Crippen molar-refractivity contribution in [1.29, 1.82) is 0 Å². The molecule has 0 aliphatic heterocycles. The zero-order chi connectivity index (χ0) is 28.3. The lowest BCUT2D eigenvalue weighted by atomic mass is 9.95. The van der Waals surface area contributed by atoms with Crippen molar-refractivity contribution in [3.8, 4) is 27.9 Å². The Labute approximate surface area is 248 Å². The molecule has 0 unspecified atom stereocenters. The highest BCUT2D eigenvalue weighted by atomic mass is 15.0. The molecule has 2 heterocycles. The lowest BCUT2D eigenvalue weighted by Crippen LogP contribution is -1.93. The van der Waals surface area contributed by atoms with Gasteiger partial charge in [0.2, 0.25) is 0 Å². The summed E-state index contributed by atoms with van der Waals surface area (Å²) in [6, 6.07) is 50.2. The summed E-state index contributed by atoms with van der Waals surface area (Å²) in [4.78, 5) is 9.44. The molecule has 0 saturated heterocycles. The summed E-state index contributed by atoms with van der Waals surface area (Å²) in [6.07, 6.45) is 3.56. The van der Waals surface area contributed by atoms with Crippen molar-refractivity contribution in [2.45, 2.75) is 0 Å². The van der Waals surface area contributed by atoms with Gasteiger partial charge in [0.05, 0.1) is 22.1 Å². The first-order chi connectivity index (χ1) is 21.3. The van der Waals surface area contributed by atoms with Crippen LogP contribution in [0.2, 0.25) is 0 Å². The summed E-state index contributed by atoms with van der Waals surface area (Å²) in [5.41, 5.74) is 10.2. The van der Waals surface area contributed by atoms with Crippen molar-refractivity contribution in [1.82, 2.24) is 14.5 Å². The Kier molecular flexibility index (Phi) is 5.20. The molecule has 0 atom stereocenters. The van der Waals surface area contributed by atoms with Gasteiger partial charge in [-0.15, -0.1) is 0 Å². The van der Waals surface area contributed by atoms with E-state index >= 15 is 0 Å². The lowest BCUT2D eigenvalue weighted by Gasteiger charge is -2.11. The van der Waals surface area contributed by atoms with Crippen molar-refractivity contribution in [2.75, 3.05) is 0 Å². The molecule has 3 heteroatoms. The quantitative estimate of drug-likeness (QED) is 0.206. The third-order valence-electron chi connectivity index (χ3n) is 8.70. The van der Waals surface area contributed by atoms with E-state index in [0.29, 0.717) is 0 Å². The highest BCUT2D eigenvalue weighted by Crippen LogP contribution is 2.36. The molecule has 0 radical (unpaired) electrons. The van der Waals surface area contributed by atoms with Crippen molar-refractivity contribution in [3.05, 3.63) is 152 Å². The van der Waals surface area contributed by atoms with Gasteiger partial charge in [0.15, 0.2) is 0 Å². The van der Waals surface area contributed by atoms with Gasteiger partial charge in [-0.25, -0.2) is 0 Å². The molecule has 0 aliphatic rings. The molecule has 0 spiro atoms. The molecule has 200 valence electrons. The fourth-order valence-electron chi connectivity index (χ4n) is 6.67. The summed E-state index contributed by atoms with van der Waals surface area (Å²) < 4.78 is 2.36. The third kappa shape index (κ3) is 3.68. The minimum atomic E-state index is 0.943. The molecule has 9 aromatic rings. The molecule has 0 fully saturated rings. The van der Waals surface area contributed by atoms with E-state index in [1.165, 1.54) is 54.8 Å². The van der Waals surface area contributed by atoms with Gasteiger partial charge in [0.1, 0.15) is 0 Å². The molecule has 2 aromatic heterocycles. The standard InChI is InChI=1S/C40H25N3/c1-2-10-35-31(7-1)32-22-19-29(25-36(32)40-39(35)41-23-24-42-40)28-15-13-26(14-16-28)27-17-20-30(21-18-27)43-37-11-5-3-8-33(37)34-9-4-6-12-38(34)43/h1-25H. The van der Waals surface area contributed by atoms with Gasteiger partial charge >= 0.3 is 0 Å². The van der Waals surface area contributed by atoms with Gasteiger partial charge in [-0.1, -0.05) is 109 Å². The maximum Gasteiger partial charge on any atom is 0.0971 e. The molecule has 0 saturated carbocycles. The first-order valence-electron chi connectivity index (χ1n) is 14.6. The third-order valence-corrected chi connectivity index (χ3v) is 8.70. The Morgan fingerprint density at radius 3 is 1.42 bits per heavy atom. The molecular formula is C40H25N3. The van der Waals surface area contributed by atoms with Crippen LogP contribution in [0.1, 0.15) is 0 Å². The van der Waals surface area contributed by atoms with E-state index < -0.39 is 0 Å². The van der Waals surface area contributed by atoms with Crippen LogP contribution in [0, 0.1) is 0 Å². The molecule has 0 N–H and O–H groups in total. The van der Waals surface area contributed by atoms with Crippen molar-refractivity contribution >= 4 is 54.4 Å². The maximum absolute atomic E-state index is 4.74. The summed E-state index contributed by atoms with van der Waals surface area (Å²) in [7, 11) is 0. The van der Waals surface area contributed by atoms with Crippen LogP contribution in [0.4, 0.5) is 0 Å². The normalized spacial score (nSPS) is 11.7. The fraction of sp³-hybridized carbons (Fsp3) is 0. The van der Waals surface area contributed by atoms with Crippen LogP contribution in [0.15, 0.2) is 152 Å². The Morgan fingerprint density at radius 2 is 0.791 bits per heavy atom. The van der Waals surface area contributed by atoms with Crippen LogP contribution in [0.5, 0.6) is 0 Å². The van der Waals surface area contributed by atoms with Crippen molar-refractivity contribution in [2.24, 2.45) is 0 Å². The van der Waals surface area contributed by atoms with E-state index in [0.717, 1.165) is 27.5 Å². The van der Waals surface area contributed by atoms with E-state index in [4.69, 9.17) is 9.97 Å². The number of hydrogen-bond donors (Lipinski definition) is 0. The monoisotopic (exact) mass is 547 g/mol. The second kappa shape index (κ2) is 9.37. The second-order valence-electron chi connectivity index (χ2n) is 11.1. The van der Waals surface area contributed by atoms with E-state index in [9.17, 15) is 0 Å². The van der Waals surface area contributed by atoms with E-state index in [2.05, 4.69) is 144 Å². The Balaban J connectivity index is 1.09. The van der Waals surface area contributed by atoms with Crippen LogP contribution in [0.25, 0.3) is 82.3 Å². The smallest absolute Gasteiger partial charge is 0.0971 e. The number of rotatable bonds is 3. The number of nitrogens with zero attached hydrogens (tertiary/aromatic N) is 3. The van der Waals surface area contributed by atoms with Crippen LogP contribution in [-0.4, -0.2) is 14.5 Å². The van der Waals surface area contributed by atoms with Crippen LogP contribution < -0.4 is 0 Å². The average Bonchev–Trinajstić information content (AvgIpc) is 3.43. The fourth-order valence-corrected chi connectivity index (χ4v) is 6.67. The van der Waals surface area contributed by atoms with Crippen molar-refractivity contribution < 1.29 is 0 Å². The predicted octanol–water partition coefficient (Wildman–Crippen LogP) is 10.4.